The van der Waals surface area contributed by atoms with Gasteiger partial charge in [-0.25, -0.2) is 0 Å². The molecule has 0 saturated carbocycles. The molecule has 6 heteroatoms. The number of amides is 1. The van der Waals surface area contributed by atoms with Crippen molar-refractivity contribution in [1.82, 2.24) is 19.9 Å². The number of β-amino-alcohol motifs (C(OH)–C–C–N with tert-alkyl or cyclic N) is 1. The fourth-order valence-electron chi connectivity index (χ4n) is 2.48. The van der Waals surface area contributed by atoms with Gasteiger partial charge in [0.2, 0.25) is 0 Å². The molecule has 1 fully saturated rings. The van der Waals surface area contributed by atoms with Gasteiger partial charge in [-0.3, -0.25) is 4.79 Å². The van der Waals surface area contributed by atoms with Crippen molar-refractivity contribution in [1.29, 1.82) is 0 Å². The number of aliphatic hydroxyl groups is 1. The SMILES string of the molecule is O=C(c1ccccc1-n1nccn1)N1CCCC(O)C1. The predicted molar refractivity (Wildman–Crippen MR) is 72.5 cm³/mol. The van der Waals surface area contributed by atoms with Crippen LogP contribution >= 0.6 is 0 Å². The second kappa shape index (κ2) is 5.42. The quantitative estimate of drug-likeness (QED) is 0.880. The Morgan fingerprint density at radius 2 is 2.00 bits per heavy atom. The number of para-hydroxylation sites is 1. The maximum atomic E-state index is 12.6. The number of benzene rings is 1. The zero-order valence-electron chi connectivity index (χ0n) is 11.0. The van der Waals surface area contributed by atoms with E-state index in [1.165, 1.54) is 4.80 Å². The Labute approximate surface area is 116 Å². The minimum Gasteiger partial charge on any atom is -0.391 e. The summed E-state index contributed by atoms with van der Waals surface area (Å²) in [4.78, 5) is 15.7. The molecule has 6 nitrogen and oxygen atoms in total. The molecule has 1 atom stereocenters. The first kappa shape index (κ1) is 12.8. The first-order valence-corrected chi connectivity index (χ1v) is 6.69. The van der Waals surface area contributed by atoms with Gasteiger partial charge in [-0.1, -0.05) is 12.1 Å². The molecule has 1 aromatic heterocycles. The summed E-state index contributed by atoms with van der Waals surface area (Å²) in [6, 6.07) is 7.25. The largest absolute Gasteiger partial charge is 0.391 e. The van der Waals surface area contributed by atoms with Crippen LogP contribution in [0.15, 0.2) is 36.7 Å². The molecule has 0 bridgehead atoms. The number of rotatable bonds is 2. The molecule has 2 aromatic rings. The molecule has 2 heterocycles. The zero-order valence-corrected chi connectivity index (χ0v) is 11.0. The molecular formula is C14H16N4O2. The van der Waals surface area contributed by atoms with Crippen LogP contribution in [0, 0.1) is 0 Å². The Kier molecular flexibility index (Phi) is 3.47. The van der Waals surface area contributed by atoms with Crippen LogP contribution in [0.1, 0.15) is 23.2 Å². The molecule has 1 aliphatic heterocycles. The Morgan fingerprint density at radius 1 is 1.25 bits per heavy atom. The smallest absolute Gasteiger partial charge is 0.256 e. The summed E-state index contributed by atoms with van der Waals surface area (Å²) in [6.45, 7) is 1.07. The molecule has 0 radical (unpaired) electrons. The van der Waals surface area contributed by atoms with Crippen molar-refractivity contribution in [3.8, 4) is 5.69 Å². The number of nitrogens with zero attached hydrogens (tertiary/aromatic N) is 4. The monoisotopic (exact) mass is 272 g/mol. The number of piperidine rings is 1. The van der Waals surface area contributed by atoms with Gasteiger partial charge in [-0.05, 0) is 25.0 Å². The molecule has 1 amide bonds. The van der Waals surface area contributed by atoms with Crippen LogP contribution in [0.4, 0.5) is 0 Å². The van der Waals surface area contributed by atoms with Crippen LogP contribution in [-0.2, 0) is 0 Å². The number of hydrogen-bond donors (Lipinski definition) is 1. The van der Waals surface area contributed by atoms with E-state index in [-0.39, 0.29) is 5.91 Å². The highest BCUT2D eigenvalue weighted by Gasteiger charge is 2.25. The second-order valence-electron chi connectivity index (χ2n) is 4.88. The number of likely N-dealkylation sites (tertiary alicyclic amines) is 1. The number of aromatic nitrogens is 3. The fourth-order valence-corrected chi connectivity index (χ4v) is 2.48. The highest BCUT2D eigenvalue weighted by Crippen LogP contribution is 2.18. The molecule has 0 aliphatic carbocycles. The van der Waals surface area contributed by atoms with Gasteiger partial charge in [0.1, 0.15) is 0 Å². The number of carbonyl (C=O) groups is 1. The van der Waals surface area contributed by atoms with E-state index in [1.54, 1.807) is 23.4 Å². The molecule has 20 heavy (non-hydrogen) atoms. The Hall–Kier alpha value is -2.21. The fraction of sp³-hybridized carbons (Fsp3) is 0.357. The third-order valence-corrected chi connectivity index (χ3v) is 3.45. The molecule has 1 aliphatic rings. The Bertz CT molecular complexity index is 597. The second-order valence-corrected chi connectivity index (χ2v) is 4.88. The van der Waals surface area contributed by atoms with Crippen LogP contribution < -0.4 is 0 Å². The molecule has 0 spiro atoms. The van der Waals surface area contributed by atoms with Crippen molar-refractivity contribution in [2.45, 2.75) is 18.9 Å². The summed E-state index contributed by atoms with van der Waals surface area (Å²) >= 11 is 0. The van der Waals surface area contributed by atoms with Crippen molar-refractivity contribution in [2.75, 3.05) is 13.1 Å². The van der Waals surface area contributed by atoms with Crippen molar-refractivity contribution < 1.29 is 9.90 Å². The molecule has 3 rings (SSSR count). The lowest BCUT2D eigenvalue weighted by molar-refractivity contribution is 0.0473. The zero-order chi connectivity index (χ0) is 13.9. The van der Waals surface area contributed by atoms with E-state index in [2.05, 4.69) is 10.2 Å². The number of aliphatic hydroxyl groups excluding tert-OH is 1. The van der Waals surface area contributed by atoms with Crippen LogP contribution in [-0.4, -0.2) is 50.1 Å². The normalized spacial score (nSPS) is 19.1. The number of carbonyl (C=O) groups excluding carboxylic acids is 1. The van der Waals surface area contributed by atoms with Crippen LogP contribution in [0.5, 0.6) is 0 Å². The van der Waals surface area contributed by atoms with Gasteiger partial charge in [0.05, 0.1) is 29.7 Å². The van der Waals surface area contributed by atoms with Gasteiger partial charge in [0.15, 0.2) is 0 Å². The van der Waals surface area contributed by atoms with Crippen molar-refractivity contribution in [3.05, 3.63) is 42.2 Å². The van der Waals surface area contributed by atoms with Crippen LogP contribution in [0.2, 0.25) is 0 Å². The molecule has 1 saturated heterocycles. The minimum absolute atomic E-state index is 0.0864. The molecule has 1 N–H and O–H groups in total. The topological polar surface area (TPSA) is 71.2 Å². The summed E-state index contributed by atoms with van der Waals surface area (Å²) < 4.78 is 0. The lowest BCUT2D eigenvalue weighted by Crippen LogP contribution is -2.42. The summed E-state index contributed by atoms with van der Waals surface area (Å²) in [6.07, 6.45) is 4.31. The summed E-state index contributed by atoms with van der Waals surface area (Å²) in [7, 11) is 0. The lowest BCUT2D eigenvalue weighted by atomic mass is 10.1. The first-order valence-electron chi connectivity index (χ1n) is 6.69. The van der Waals surface area contributed by atoms with Crippen LogP contribution in [0.25, 0.3) is 5.69 Å². The van der Waals surface area contributed by atoms with Gasteiger partial charge in [-0.15, -0.1) is 0 Å². The van der Waals surface area contributed by atoms with Gasteiger partial charge < -0.3 is 10.0 Å². The number of hydrogen-bond acceptors (Lipinski definition) is 4. The Balaban J connectivity index is 1.92. The third-order valence-electron chi connectivity index (χ3n) is 3.45. The standard InChI is InChI=1S/C14H16N4O2/c19-11-4-3-9-17(10-11)14(20)12-5-1-2-6-13(12)18-15-7-8-16-18/h1-2,5-8,11,19H,3-4,9-10H2. The summed E-state index contributed by atoms with van der Waals surface area (Å²) in [5, 5.41) is 17.9. The maximum absolute atomic E-state index is 12.6. The maximum Gasteiger partial charge on any atom is 0.256 e. The predicted octanol–water partition coefficient (Wildman–Crippen LogP) is 0.864. The molecular weight excluding hydrogens is 256 g/mol. The average Bonchev–Trinajstić information content (AvgIpc) is 3.00. The van der Waals surface area contributed by atoms with Gasteiger partial charge >= 0.3 is 0 Å². The van der Waals surface area contributed by atoms with E-state index in [4.69, 9.17) is 0 Å². The highest BCUT2D eigenvalue weighted by atomic mass is 16.3. The average molecular weight is 272 g/mol. The third kappa shape index (κ3) is 2.42. The van der Waals surface area contributed by atoms with E-state index in [0.29, 0.717) is 24.3 Å². The summed E-state index contributed by atoms with van der Waals surface area (Å²) in [5.74, 6) is -0.0864. The van der Waals surface area contributed by atoms with Crippen molar-refractivity contribution >= 4 is 5.91 Å². The van der Waals surface area contributed by atoms with E-state index in [0.717, 1.165) is 12.8 Å². The molecule has 104 valence electrons. The minimum atomic E-state index is -0.428. The molecule has 1 aromatic carbocycles. The van der Waals surface area contributed by atoms with Crippen LogP contribution in [0.3, 0.4) is 0 Å². The summed E-state index contributed by atoms with van der Waals surface area (Å²) in [5.41, 5.74) is 1.21. The van der Waals surface area contributed by atoms with Gasteiger partial charge in [-0.2, -0.15) is 15.0 Å². The van der Waals surface area contributed by atoms with Crippen molar-refractivity contribution in [2.24, 2.45) is 0 Å². The van der Waals surface area contributed by atoms with E-state index < -0.39 is 6.10 Å². The lowest BCUT2D eigenvalue weighted by Gasteiger charge is -2.30. The van der Waals surface area contributed by atoms with E-state index >= 15 is 0 Å². The van der Waals surface area contributed by atoms with E-state index in [9.17, 15) is 9.90 Å². The van der Waals surface area contributed by atoms with Crippen molar-refractivity contribution in [3.63, 3.8) is 0 Å². The first-order chi connectivity index (χ1) is 9.75. The molecule has 1 unspecified atom stereocenters. The van der Waals surface area contributed by atoms with Gasteiger partial charge in [0.25, 0.3) is 5.91 Å². The van der Waals surface area contributed by atoms with E-state index in [1.807, 2.05) is 18.2 Å². The highest BCUT2D eigenvalue weighted by molar-refractivity contribution is 5.97. The van der Waals surface area contributed by atoms with Gasteiger partial charge in [0, 0.05) is 13.1 Å². The Morgan fingerprint density at radius 3 is 2.75 bits per heavy atom.